The molecule has 0 aliphatic carbocycles. The van der Waals surface area contributed by atoms with E-state index < -0.39 is 10.0 Å². The first-order valence-electron chi connectivity index (χ1n) is 4.62. The molecule has 0 aromatic rings. The molecule has 1 fully saturated rings. The summed E-state index contributed by atoms with van der Waals surface area (Å²) in [6.45, 7) is 2.70. The molecule has 0 bridgehead atoms. The van der Waals surface area contributed by atoms with Crippen molar-refractivity contribution in [1.29, 1.82) is 0 Å². The highest BCUT2D eigenvalue weighted by molar-refractivity contribution is 7.88. The van der Waals surface area contributed by atoms with E-state index in [1.54, 1.807) is 7.05 Å². The van der Waals surface area contributed by atoms with E-state index in [1.807, 2.05) is 0 Å². The van der Waals surface area contributed by atoms with E-state index in [4.69, 9.17) is 0 Å². The fourth-order valence-corrected chi connectivity index (χ4v) is 2.04. The van der Waals surface area contributed by atoms with Crippen molar-refractivity contribution in [2.75, 3.05) is 32.9 Å². The van der Waals surface area contributed by atoms with Gasteiger partial charge in [0.25, 0.3) is 0 Å². The Kier molecular flexibility index (Phi) is 5.97. The summed E-state index contributed by atoms with van der Waals surface area (Å²) in [4.78, 5) is 0. The Bertz CT molecular complexity index is 250. The van der Waals surface area contributed by atoms with Crippen molar-refractivity contribution in [3.63, 3.8) is 0 Å². The maximum atomic E-state index is 11.1. The Morgan fingerprint density at radius 2 is 1.86 bits per heavy atom. The van der Waals surface area contributed by atoms with Gasteiger partial charge in [0.2, 0.25) is 10.0 Å². The zero-order valence-electron chi connectivity index (χ0n) is 8.69. The number of nitrogens with zero attached hydrogens (tertiary/aromatic N) is 1. The van der Waals surface area contributed by atoms with Gasteiger partial charge in [0.05, 0.1) is 6.26 Å². The number of rotatable bonds is 3. The smallest absolute Gasteiger partial charge is 0.210 e. The highest BCUT2D eigenvalue weighted by Gasteiger charge is 2.19. The van der Waals surface area contributed by atoms with Gasteiger partial charge in [-0.25, -0.2) is 12.7 Å². The van der Waals surface area contributed by atoms with E-state index in [0.29, 0.717) is 12.5 Å². The molecule has 1 aliphatic heterocycles. The van der Waals surface area contributed by atoms with Gasteiger partial charge in [-0.05, 0) is 31.8 Å². The van der Waals surface area contributed by atoms with Gasteiger partial charge in [0, 0.05) is 13.6 Å². The van der Waals surface area contributed by atoms with E-state index in [1.165, 1.54) is 10.6 Å². The molecule has 1 N–H and O–H groups in total. The molecule has 14 heavy (non-hydrogen) atoms. The van der Waals surface area contributed by atoms with E-state index >= 15 is 0 Å². The van der Waals surface area contributed by atoms with Crippen molar-refractivity contribution < 1.29 is 8.42 Å². The molecule has 86 valence electrons. The van der Waals surface area contributed by atoms with Crippen LogP contribution in [0.25, 0.3) is 0 Å². The average molecular weight is 243 g/mol. The van der Waals surface area contributed by atoms with Gasteiger partial charge < -0.3 is 5.32 Å². The van der Waals surface area contributed by atoms with Gasteiger partial charge in [0.1, 0.15) is 0 Å². The van der Waals surface area contributed by atoms with Gasteiger partial charge in [-0.3, -0.25) is 0 Å². The molecule has 0 unspecified atom stereocenters. The molecule has 0 aromatic heterocycles. The van der Waals surface area contributed by atoms with E-state index in [0.717, 1.165) is 25.9 Å². The van der Waals surface area contributed by atoms with Gasteiger partial charge >= 0.3 is 0 Å². The molecule has 0 spiro atoms. The van der Waals surface area contributed by atoms with Crippen LogP contribution in [0.15, 0.2) is 0 Å². The second kappa shape index (κ2) is 5.90. The van der Waals surface area contributed by atoms with Crippen molar-refractivity contribution in [3.8, 4) is 0 Å². The Morgan fingerprint density at radius 3 is 2.29 bits per heavy atom. The first-order valence-corrected chi connectivity index (χ1v) is 6.47. The summed E-state index contributed by atoms with van der Waals surface area (Å²) < 4.78 is 23.7. The molecule has 4 nitrogen and oxygen atoms in total. The van der Waals surface area contributed by atoms with E-state index in [9.17, 15) is 8.42 Å². The number of hydrogen-bond acceptors (Lipinski definition) is 3. The minimum atomic E-state index is -2.99. The summed E-state index contributed by atoms with van der Waals surface area (Å²) in [6, 6.07) is 0. The zero-order valence-corrected chi connectivity index (χ0v) is 10.3. The second-order valence-corrected chi connectivity index (χ2v) is 5.83. The SMILES string of the molecule is CN(CC1CCNCC1)S(C)(=O)=O.Cl. The fourth-order valence-electron chi connectivity index (χ4n) is 1.56. The van der Waals surface area contributed by atoms with Crippen molar-refractivity contribution in [1.82, 2.24) is 9.62 Å². The Labute approximate surface area is 92.5 Å². The third-order valence-electron chi connectivity index (χ3n) is 2.54. The lowest BCUT2D eigenvalue weighted by molar-refractivity contribution is 0.312. The fraction of sp³-hybridized carbons (Fsp3) is 1.00. The van der Waals surface area contributed by atoms with Crippen molar-refractivity contribution in [3.05, 3.63) is 0 Å². The van der Waals surface area contributed by atoms with E-state index in [2.05, 4.69) is 5.32 Å². The third kappa shape index (κ3) is 4.59. The van der Waals surface area contributed by atoms with Crippen LogP contribution in [0.1, 0.15) is 12.8 Å². The molecule has 1 aliphatic rings. The van der Waals surface area contributed by atoms with Crippen LogP contribution >= 0.6 is 12.4 Å². The van der Waals surface area contributed by atoms with Gasteiger partial charge in [0.15, 0.2) is 0 Å². The van der Waals surface area contributed by atoms with Gasteiger partial charge in [-0.1, -0.05) is 0 Å². The number of piperidine rings is 1. The summed E-state index contributed by atoms with van der Waals surface area (Å²) >= 11 is 0. The zero-order chi connectivity index (χ0) is 9.90. The summed E-state index contributed by atoms with van der Waals surface area (Å²) in [6.07, 6.45) is 3.42. The average Bonchev–Trinajstić information content (AvgIpc) is 2.04. The predicted molar refractivity (Wildman–Crippen MR) is 60.3 cm³/mol. The molecule has 0 radical (unpaired) electrons. The lowest BCUT2D eigenvalue weighted by Gasteiger charge is -2.26. The van der Waals surface area contributed by atoms with Crippen LogP contribution in [0.2, 0.25) is 0 Å². The normalized spacial score (nSPS) is 19.4. The lowest BCUT2D eigenvalue weighted by atomic mass is 9.98. The molecule has 0 saturated carbocycles. The Morgan fingerprint density at radius 1 is 1.36 bits per heavy atom. The molecule has 1 saturated heterocycles. The lowest BCUT2D eigenvalue weighted by Crippen LogP contribution is -2.36. The summed E-state index contributed by atoms with van der Waals surface area (Å²) in [5.41, 5.74) is 0. The van der Waals surface area contributed by atoms with Gasteiger partial charge in [-0.15, -0.1) is 12.4 Å². The summed E-state index contributed by atoms with van der Waals surface area (Å²) in [7, 11) is -1.34. The molecule has 1 heterocycles. The minimum Gasteiger partial charge on any atom is -0.317 e. The van der Waals surface area contributed by atoms with Crippen LogP contribution in [-0.2, 0) is 10.0 Å². The molecule has 0 aromatic carbocycles. The number of nitrogens with one attached hydrogen (secondary N) is 1. The standard InChI is InChI=1S/C8H18N2O2S.ClH/c1-10(13(2,11)12)7-8-3-5-9-6-4-8;/h8-9H,3-7H2,1-2H3;1H. The summed E-state index contributed by atoms with van der Waals surface area (Å²) in [5.74, 6) is 0.529. The first kappa shape index (κ1) is 14.2. The molecule has 0 amide bonds. The largest absolute Gasteiger partial charge is 0.317 e. The quantitative estimate of drug-likeness (QED) is 0.775. The molecular weight excluding hydrogens is 224 g/mol. The third-order valence-corrected chi connectivity index (χ3v) is 3.82. The van der Waals surface area contributed by atoms with Crippen molar-refractivity contribution in [2.24, 2.45) is 5.92 Å². The number of halogens is 1. The molecule has 1 rings (SSSR count). The number of sulfonamides is 1. The summed E-state index contributed by atoms with van der Waals surface area (Å²) in [5, 5.41) is 3.26. The van der Waals surface area contributed by atoms with Crippen LogP contribution in [0, 0.1) is 5.92 Å². The van der Waals surface area contributed by atoms with Gasteiger partial charge in [-0.2, -0.15) is 0 Å². The van der Waals surface area contributed by atoms with Crippen molar-refractivity contribution >= 4 is 22.4 Å². The van der Waals surface area contributed by atoms with Crippen LogP contribution in [0.3, 0.4) is 0 Å². The Balaban J connectivity index is 0.00000169. The predicted octanol–water partition coefficient (Wildman–Crippen LogP) is 0.299. The monoisotopic (exact) mass is 242 g/mol. The van der Waals surface area contributed by atoms with Crippen LogP contribution in [0.4, 0.5) is 0 Å². The maximum Gasteiger partial charge on any atom is 0.210 e. The maximum absolute atomic E-state index is 11.1. The topological polar surface area (TPSA) is 49.4 Å². The highest BCUT2D eigenvalue weighted by Crippen LogP contribution is 2.13. The highest BCUT2D eigenvalue weighted by atomic mass is 35.5. The first-order chi connectivity index (χ1) is 6.00. The van der Waals surface area contributed by atoms with Crippen LogP contribution in [-0.4, -0.2) is 45.7 Å². The van der Waals surface area contributed by atoms with E-state index in [-0.39, 0.29) is 12.4 Å². The molecule has 6 heteroatoms. The van der Waals surface area contributed by atoms with Crippen molar-refractivity contribution in [2.45, 2.75) is 12.8 Å². The minimum absolute atomic E-state index is 0. The molecule has 0 atom stereocenters. The molecular formula is C8H19ClN2O2S. The number of hydrogen-bond donors (Lipinski definition) is 1. The van der Waals surface area contributed by atoms with Crippen LogP contribution < -0.4 is 5.32 Å². The second-order valence-electron chi connectivity index (χ2n) is 3.74. The Hall–Kier alpha value is 0.160. The van der Waals surface area contributed by atoms with Crippen LogP contribution in [0.5, 0.6) is 0 Å².